The maximum atomic E-state index is 12.5. The highest BCUT2D eigenvalue weighted by molar-refractivity contribution is 5.79. The van der Waals surface area contributed by atoms with E-state index >= 15 is 0 Å². The van der Waals surface area contributed by atoms with Crippen molar-refractivity contribution >= 4 is 5.91 Å². The van der Waals surface area contributed by atoms with Gasteiger partial charge in [-0.25, -0.2) is 0 Å². The highest BCUT2D eigenvalue weighted by Gasteiger charge is 2.32. The molecule has 0 bridgehead atoms. The van der Waals surface area contributed by atoms with Crippen LogP contribution in [0.2, 0.25) is 0 Å². The highest BCUT2D eigenvalue weighted by Crippen LogP contribution is 2.23. The Morgan fingerprint density at radius 1 is 1.05 bits per heavy atom. The molecular formula is C16H29N3O. The predicted molar refractivity (Wildman–Crippen MR) is 80.6 cm³/mol. The van der Waals surface area contributed by atoms with Gasteiger partial charge in [-0.1, -0.05) is 6.42 Å². The molecule has 0 spiro atoms. The first-order valence-electron chi connectivity index (χ1n) is 8.55. The van der Waals surface area contributed by atoms with E-state index in [2.05, 4.69) is 15.1 Å². The molecule has 0 radical (unpaired) electrons. The summed E-state index contributed by atoms with van der Waals surface area (Å²) >= 11 is 0. The van der Waals surface area contributed by atoms with Gasteiger partial charge in [0, 0.05) is 26.2 Å². The molecule has 3 rings (SSSR count). The summed E-state index contributed by atoms with van der Waals surface area (Å²) in [4.78, 5) is 17.3. The summed E-state index contributed by atoms with van der Waals surface area (Å²) in [5.74, 6) is 1.38. The first kappa shape index (κ1) is 14.3. The third-order valence-corrected chi connectivity index (χ3v) is 5.21. The van der Waals surface area contributed by atoms with E-state index in [4.69, 9.17) is 0 Å². The van der Waals surface area contributed by atoms with Crippen LogP contribution in [0.4, 0.5) is 0 Å². The zero-order chi connectivity index (χ0) is 13.8. The number of amides is 1. The molecule has 2 unspecified atom stereocenters. The van der Waals surface area contributed by atoms with E-state index in [0.717, 1.165) is 39.0 Å². The number of piperidine rings is 2. The van der Waals surface area contributed by atoms with Crippen molar-refractivity contribution in [3.63, 3.8) is 0 Å². The SMILES string of the molecule is O=C(C1CCCNC1)N1CCC(CN2CCCCC2)C1. The first-order chi connectivity index (χ1) is 9.83. The minimum Gasteiger partial charge on any atom is -0.342 e. The van der Waals surface area contributed by atoms with Crippen molar-refractivity contribution < 1.29 is 4.79 Å². The lowest BCUT2D eigenvalue weighted by Crippen LogP contribution is -2.42. The van der Waals surface area contributed by atoms with E-state index in [9.17, 15) is 4.79 Å². The van der Waals surface area contributed by atoms with Crippen molar-refractivity contribution in [1.29, 1.82) is 0 Å². The molecule has 114 valence electrons. The van der Waals surface area contributed by atoms with Crippen molar-refractivity contribution in [1.82, 2.24) is 15.1 Å². The Morgan fingerprint density at radius 3 is 2.65 bits per heavy atom. The molecule has 3 saturated heterocycles. The van der Waals surface area contributed by atoms with Crippen LogP contribution in [0.5, 0.6) is 0 Å². The fraction of sp³-hybridized carbons (Fsp3) is 0.938. The number of carbonyl (C=O) groups is 1. The third kappa shape index (κ3) is 3.53. The molecule has 1 N–H and O–H groups in total. The Balaban J connectivity index is 1.44. The van der Waals surface area contributed by atoms with Gasteiger partial charge in [0.2, 0.25) is 5.91 Å². The molecule has 4 nitrogen and oxygen atoms in total. The second-order valence-electron chi connectivity index (χ2n) is 6.84. The second-order valence-corrected chi connectivity index (χ2v) is 6.84. The molecule has 1 amide bonds. The van der Waals surface area contributed by atoms with Crippen LogP contribution in [0.1, 0.15) is 38.5 Å². The summed E-state index contributed by atoms with van der Waals surface area (Å²) in [6, 6.07) is 0. The van der Waals surface area contributed by atoms with E-state index in [0.29, 0.717) is 11.8 Å². The molecule has 20 heavy (non-hydrogen) atoms. The van der Waals surface area contributed by atoms with Crippen LogP contribution in [-0.2, 0) is 4.79 Å². The number of carbonyl (C=O) groups excluding carboxylic acids is 1. The van der Waals surface area contributed by atoms with E-state index in [1.807, 2.05) is 0 Å². The molecule has 4 heteroatoms. The van der Waals surface area contributed by atoms with Gasteiger partial charge in [0.25, 0.3) is 0 Å². The largest absolute Gasteiger partial charge is 0.342 e. The quantitative estimate of drug-likeness (QED) is 0.846. The normalized spacial score (nSPS) is 32.5. The highest BCUT2D eigenvalue weighted by atomic mass is 16.2. The standard InChI is InChI=1S/C16H29N3O/c20-16(15-5-4-7-17-11-15)19-10-6-14(13-19)12-18-8-2-1-3-9-18/h14-15,17H,1-13H2. The Hall–Kier alpha value is -0.610. The molecule has 3 heterocycles. The summed E-state index contributed by atoms with van der Waals surface area (Å²) in [6.07, 6.45) is 7.58. The van der Waals surface area contributed by atoms with Gasteiger partial charge < -0.3 is 15.1 Å². The zero-order valence-electron chi connectivity index (χ0n) is 12.6. The molecule has 0 aromatic rings. The molecule has 0 aromatic carbocycles. The minimum atomic E-state index is 0.248. The average Bonchev–Trinajstić information content (AvgIpc) is 2.97. The van der Waals surface area contributed by atoms with Gasteiger partial charge in [-0.05, 0) is 57.7 Å². The Morgan fingerprint density at radius 2 is 1.90 bits per heavy atom. The summed E-state index contributed by atoms with van der Waals surface area (Å²) in [5, 5.41) is 3.36. The second kappa shape index (κ2) is 6.90. The van der Waals surface area contributed by atoms with Crippen LogP contribution < -0.4 is 5.32 Å². The van der Waals surface area contributed by atoms with Crippen molar-refractivity contribution in [2.75, 3.05) is 45.8 Å². The van der Waals surface area contributed by atoms with E-state index < -0.39 is 0 Å². The molecule has 0 aliphatic carbocycles. The van der Waals surface area contributed by atoms with Crippen LogP contribution in [-0.4, -0.2) is 61.5 Å². The third-order valence-electron chi connectivity index (χ3n) is 5.21. The van der Waals surface area contributed by atoms with Gasteiger partial charge in [0.05, 0.1) is 5.92 Å². The fourth-order valence-electron chi connectivity index (χ4n) is 4.01. The molecule has 3 aliphatic heterocycles. The molecule has 3 aliphatic rings. The number of nitrogens with zero attached hydrogens (tertiary/aromatic N) is 2. The Kier molecular flexibility index (Phi) is 4.94. The van der Waals surface area contributed by atoms with E-state index in [1.165, 1.54) is 45.3 Å². The predicted octanol–water partition coefficient (Wildman–Crippen LogP) is 1.32. The maximum absolute atomic E-state index is 12.5. The summed E-state index contributed by atoms with van der Waals surface area (Å²) in [5.41, 5.74) is 0. The number of rotatable bonds is 3. The summed E-state index contributed by atoms with van der Waals surface area (Å²) in [7, 11) is 0. The lowest BCUT2D eigenvalue weighted by atomic mass is 9.98. The maximum Gasteiger partial charge on any atom is 0.226 e. The number of likely N-dealkylation sites (tertiary alicyclic amines) is 2. The van der Waals surface area contributed by atoms with Gasteiger partial charge in [0.1, 0.15) is 0 Å². The summed E-state index contributed by atoms with van der Waals surface area (Å²) < 4.78 is 0. The molecule has 2 atom stereocenters. The number of nitrogens with one attached hydrogen (secondary N) is 1. The Labute approximate surface area is 122 Å². The zero-order valence-corrected chi connectivity index (χ0v) is 12.6. The lowest BCUT2D eigenvalue weighted by molar-refractivity contribution is -0.135. The molecule has 0 aromatic heterocycles. The van der Waals surface area contributed by atoms with Gasteiger partial charge in [0.15, 0.2) is 0 Å². The van der Waals surface area contributed by atoms with Gasteiger partial charge in [-0.15, -0.1) is 0 Å². The van der Waals surface area contributed by atoms with E-state index in [-0.39, 0.29) is 5.92 Å². The van der Waals surface area contributed by atoms with Crippen LogP contribution in [0.25, 0.3) is 0 Å². The minimum absolute atomic E-state index is 0.248. The van der Waals surface area contributed by atoms with Gasteiger partial charge in [-0.3, -0.25) is 4.79 Å². The topological polar surface area (TPSA) is 35.6 Å². The average molecular weight is 279 g/mol. The molecule has 3 fully saturated rings. The Bertz CT molecular complexity index is 322. The molecule has 0 saturated carbocycles. The van der Waals surface area contributed by atoms with Crippen LogP contribution in [0.3, 0.4) is 0 Å². The van der Waals surface area contributed by atoms with Crippen molar-refractivity contribution in [2.24, 2.45) is 11.8 Å². The van der Waals surface area contributed by atoms with Gasteiger partial charge in [-0.2, -0.15) is 0 Å². The van der Waals surface area contributed by atoms with Crippen LogP contribution in [0.15, 0.2) is 0 Å². The first-order valence-corrected chi connectivity index (χ1v) is 8.55. The summed E-state index contributed by atoms with van der Waals surface area (Å²) in [6.45, 7) is 7.74. The van der Waals surface area contributed by atoms with Crippen molar-refractivity contribution in [3.05, 3.63) is 0 Å². The number of hydrogen-bond donors (Lipinski definition) is 1. The van der Waals surface area contributed by atoms with E-state index in [1.54, 1.807) is 0 Å². The van der Waals surface area contributed by atoms with Crippen LogP contribution in [0, 0.1) is 11.8 Å². The smallest absolute Gasteiger partial charge is 0.226 e. The van der Waals surface area contributed by atoms with Crippen LogP contribution >= 0.6 is 0 Å². The molecular weight excluding hydrogens is 250 g/mol. The fourth-order valence-corrected chi connectivity index (χ4v) is 4.01. The monoisotopic (exact) mass is 279 g/mol. The van der Waals surface area contributed by atoms with Crippen molar-refractivity contribution in [2.45, 2.75) is 38.5 Å². The number of hydrogen-bond acceptors (Lipinski definition) is 3. The van der Waals surface area contributed by atoms with Crippen molar-refractivity contribution in [3.8, 4) is 0 Å². The van der Waals surface area contributed by atoms with Gasteiger partial charge >= 0.3 is 0 Å². The lowest BCUT2D eigenvalue weighted by Gasteiger charge is -2.29.